The fraction of sp³-hybridized carbons (Fsp3) is 0.444. The lowest BCUT2D eigenvalue weighted by atomic mass is 10.3. The molecule has 0 saturated carbocycles. The number of aromatic amines is 1. The highest BCUT2D eigenvalue weighted by Crippen LogP contribution is 2.20. The van der Waals surface area contributed by atoms with Gasteiger partial charge in [-0.25, -0.2) is 9.97 Å². The summed E-state index contributed by atoms with van der Waals surface area (Å²) in [7, 11) is 0. The van der Waals surface area contributed by atoms with E-state index in [1.807, 2.05) is 0 Å². The van der Waals surface area contributed by atoms with Crippen LogP contribution in [0.15, 0.2) is 12.5 Å². The molecule has 0 atom stereocenters. The topological polar surface area (TPSA) is 69.7 Å². The summed E-state index contributed by atoms with van der Waals surface area (Å²) in [6, 6.07) is 0. The molecule has 1 aliphatic rings. The highest BCUT2D eigenvalue weighted by atomic mass is 35.5. The lowest BCUT2D eigenvalue weighted by molar-refractivity contribution is 0.586. The molecule has 0 aromatic carbocycles. The second-order valence-corrected chi connectivity index (χ2v) is 3.57. The van der Waals surface area contributed by atoms with E-state index >= 15 is 0 Å². The quantitative estimate of drug-likeness (QED) is 0.799. The average molecular weight is 277 g/mol. The lowest BCUT2D eigenvalue weighted by Gasteiger charge is -2.28. The number of piperazine rings is 1. The summed E-state index contributed by atoms with van der Waals surface area (Å²) in [6.07, 6.45) is 3.37. The Morgan fingerprint density at radius 2 is 1.88 bits per heavy atom. The van der Waals surface area contributed by atoms with Gasteiger partial charge in [0.05, 0.1) is 11.6 Å². The van der Waals surface area contributed by atoms with Gasteiger partial charge in [0.25, 0.3) is 0 Å². The Kier molecular flexibility index (Phi) is 4.92. The van der Waals surface area contributed by atoms with Crippen LogP contribution in [0.2, 0.25) is 0 Å². The monoisotopic (exact) mass is 276 g/mol. The first-order chi connectivity index (χ1) is 7.45. The number of nitrogens with zero attached hydrogens (tertiary/aromatic N) is 4. The van der Waals surface area contributed by atoms with E-state index in [9.17, 15) is 0 Å². The van der Waals surface area contributed by atoms with Crippen LogP contribution in [-0.4, -0.2) is 46.3 Å². The Morgan fingerprint density at radius 3 is 2.65 bits per heavy atom. The SMILES string of the molecule is Cl.Cl.c1nc(N2CCNCC2)c2cn[nH]c2n1. The van der Waals surface area contributed by atoms with Crippen molar-refractivity contribution < 1.29 is 0 Å². The summed E-state index contributed by atoms with van der Waals surface area (Å²) in [6.45, 7) is 3.97. The molecule has 0 spiro atoms. The van der Waals surface area contributed by atoms with Gasteiger partial charge in [-0.3, -0.25) is 5.10 Å². The number of aromatic nitrogens is 4. The molecule has 0 amide bonds. The Labute approximate surface area is 111 Å². The van der Waals surface area contributed by atoms with Crippen LogP contribution in [0, 0.1) is 0 Å². The first-order valence-corrected chi connectivity index (χ1v) is 5.05. The smallest absolute Gasteiger partial charge is 0.160 e. The van der Waals surface area contributed by atoms with Gasteiger partial charge in [0.15, 0.2) is 5.65 Å². The van der Waals surface area contributed by atoms with E-state index < -0.39 is 0 Å². The number of H-pyrrole nitrogens is 1. The van der Waals surface area contributed by atoms with E-state index in [0.29, 0.717) is 0 Å². The van der Waals surface area contributed by atoms with Crippen molar-refractivity contribution in [2.75, 3.05) is 31.1 Å². The van der Waals surface area contributed by atoms with Gasteiger partial charge in [-0.15, -0.1) is 24.8 Å². The third-order valence-electron chi connectivity index (χ3n) is 2.64. The van der Waals surface area contributed by atoms with Crippen LogP contribution in [-0.2, 0) is 0 Å². The van der Waals surface area contributed by atoms with Crippen molar-refractivity contribution in [2.24, 2.45) is 0 Å². The largest absolute Gasteiger partial charge is 0.353 e. The molecule has 1 fully saturated rings. The van der Waals surface area contributed by atoms with Crippen molar-refractivity contribution in [3.63, 3.8) is 0 Å². The van der Waals surface area contributed by atoms with Crippen LogP contribution >= 0.6 is 24.8 Å². The van der Waals surface area contributed by atoms with Crippen molar-refractivity contribution in [2.45, 2.75) is 0 Å². The highest BCUT2D eigenvalue weighted by molar-refractivity contribution is 5.86. The van der Waals surface area contributed by atoms with Crippen molar-refractivity contribution in [1.29, 1.82) is 0 Å². The van der Waals surface area contributed by atoms with E-state index in [-0.39, 0.29) is 24.8 Å². The maximum Gasteiger partial charge on any atom is 0.160 e. The van der Waals surface area contributed by atoms with E-state index in [1.165, 1.54) is 0 Å². The van der Waals surface area contributed by atoms with Crippen molar-refractivity contribution in [3.05, 3.63) is 12.5 Å². The van der Waals surface area contributed by atoms with Crippen LogP contribution in [0.25, 0.3) is 11.0 Å². The molecule has 17 heavy (non-hydrogen) atoms. The Bertz CT molecular complexity index is 467. The summed E-state index contributed by atoms with van der Waals surface area (Å²) < 4.78 is 0. The number of hydrogen-bond donors (Lipinski definition) is 2. The van der Waals surface area contributed by atoms with Gasteiger partial charge in [-0.1, -0.05) is 0 Å². The maximum absolute atomic E-state index is 4.33. The van der Waals surface area contributed by atoms with Gasteiger partial charge in [-0.05, 0) is 0 Å². The summed E-state index contributed by atoms with van der Waals surface area (Å²) in [4.78, 5) is 10.7. The van der Waals surface area contributed by atoms with E-state index in [1.54, 1.807) is 12.5 Å². The predicted molar refractivity (Wildman–Crippen MR) is 71.3 cm³/mol. The van der Waals surface area contributed by atoms with E-state index in [0.717, 1.165) is 43.0 Å². The minimum atomic E-state index is 0. The molecule has 3 heterocycles. The number of rotatable bonds is 1. The molecule has 8 heteroatoms. The summed E-state index contributed by atoms with van der Waals surface area (Å²) >= 11 is 0. The fourth-order valence-electron chi connectivity index (χ4n) is 1.88. The molecular weight excluding hydrogens is 263 g/mol. The van der Waals surface area contributed by atoms with Crippen LogP contribution < -0.4 is 10.2 Å². The molecule has 2 N–H and O–H groups in total. The zero-order chi connectivity index (χ0) is 10.1. The Morgan fingerprint density at radius 1 is 1.12 bits per heavy atom. The number of nitrogens with one attached hydrogen (secondary N) is 2. The number of anilines is 1. The third-order valence-corrected chi connectivity index (χ3v) is 2.64. The normalized spacial score (nSPS) is 15.2. The zero-order valence-corrected chi connectivity index (χ0v) is 10.7. The second kappa shape index (κ2) is 6.00. The molecule has 2 aromatic rings. The number of halogens is 2. The summed E-state index contributed by atoms with van der Waals surface area (Å²) in [5.41, 5.74) is 0.804. The third kappa shape index (κ3) is 2.59. The van der Waals surface area contributed by atoms with Crippen LogP contribution in [0.4, 0.5) is 5.82 Å². The molecule has 94 valence electrons. The van der Waals surface area contributed by atoms with Gasteiger partial charge in [0, 0.05) is 26.2 Å². The standard InChI is InChI=1S/C9H12N6.2ClH/c1-3-15(4-2-10-1)9-7-5-13-14-8(7)11-6-12-9;;/h5-6,10H,1-4H2,(H,11,12,13,14);2*1H. The highest BCUT2D eigenvalue weighted by Gasteiger charge is 2.15. The van der Waals surface area contributed by atoms with Crippen molar-refractivity contribution >= 4 is 41.7 Å². The van der Waals surface area contributed by atoms with Gasteiger partial charge in [-0.2, -0.15) is 5.10 Å². The molecular formula is C9H14Cl2N6. The predicted octanol–water partition coefficient (Wildman–Crippen LogP) is 0.606. The molecule has 0 unspecified atom stereocenters. The van der Waals surface area contributed by atoms with Crippen LogP contribution in [0.3, 0.4) is 0 Å². The molecule has 6 nitrogen and oxygen atoms in total. The van der Waals surface area contributed by atoms with Gasteiger partial charge in [0.2, 0.25) is 0 Å². The van der Waals surface area contributed by atoms with Crippen molar-refractivity contribution in [1.82, 2.24) is 25.5 Å². The van der Waals surface area contributed by atoms with Gasteiger partial charge < -0.3 is 10.2 Å². The zero-order valence-electron chi connectivity index (χ0n) is 9.09. The van der Waals surface area contributed by atoms with Gasteiger partial charge in [0.1, 0.15) is 12.1 Å². The molecule has 0 aliphatic carbocycles. The van der Waals surface area contributed by atoms with E-state index in [2.05, 4.69) is 30.4 Å². The number of hydrogen-bond acceptors (Lipinski definition) is 5. The minimum Gasteiger partial charge on any atom is -0.353 e. The second-order valence-electron chi connectivity index (χ2n) is 3.57. The minimum absolute atomic E-state index is 0. The molecule has 0 radical (unpaired) electrons. The maximum atomic E-state index is 4.33. The first kappa shape index (κ1) is 14.0. The number of fused-ring (bicyclic) bond motifs is 1. The van der Waals surface area contributed by atoms with Crippen LogP contribution in [0.1, 0.15) is 0 Å². The Hall–Kier alpha value is -1.11. The van der Waals surface area contributed by atoms with Crippen molar-refractivity contribution in [3.8, 4) is 0 Å². The van der Waals surface area contributed by atoms with Crippen LogP contribution in [0.5, 0.6) is 0 Å². The molecule has 1 aliphatic heterocycles. The lowest BCUT2D eigenvalue weighted by Crippen LogP contribution is -2.43. The van der Waals surface area contributed by atoms with Gasteiger partial charge >= 0.3 is 0 Å². The summed E-state index contributed by atoms with van der Waals surface area (Å²) in [5.74, 6) is 0.982. The Balaban J connectivity index is 0.000000722. The molecule has 3 rings (SSSR count). The molecule has 0 bridgehead atoms. The summed E-state index contributed by atoms with van der Waals surface area (Å²) in [5, 5.41) is 11.2. The fourth-order valence-corrected chi connectivity index (χ4v) is 1.88. The molecule has 2 aromatic heterocycles. The average Bonchev–Trinajstić information content (AvgIpc) is 2.78. The first-order valence-electron chi connectivity index (χ1n) is 5.05. The molecule has 1 saturated heterocycles. The van der Waals surface area contributed by atoms with E-state index in [4.69, 9.17) is 0 Å².